The molecule has 0 aliphatic heterocycles. The van der Waals surface area contributed by atoms with E-state index in [0.717, 1.165) is 82.4 Å². The molecule has 0 saturated heterocycles. The summed E-state index contributed by atoms with van der Waals surface area (Å²) in [7, 11) is 0. The van der Waals surface area contributed by atoms with E-state index < -0.39 is 0 Å². The average Bonchev–Trinajstić information content (AvgIpc) is 3.75. The van der Waals surface area contributed by atoms with Crippen LogP contribution in [-0.2, 0) is 6.54 Å². The molecule has 4 heteroatoms. The van der Waals surface area contributed by atoms with Gasteiger partial charge in [-0.2, -0.15) is 0 Å². The van der Waals surface area contributed by atoms with Gasteiger partial charge in [0.05, 0.1) is 22.8 Å². The Balaban J connectivity index is 1.10. The summed E-state index contributed by atoms with van der Waals surface area (Å²) < 4.78 is 7.97. The summed E-state index contributed by atoms with van der Waals surface area (Å²) >= 11 is 1.71. The Kier molecular flexibility index (Phi) is 8.30. The van der Waals surface area contributed by atoms with Crippen LogP contribution in [0.2, 0.25) is 0 Å². The van der Waals surface area contributed by atoms with Crippen LogP contribution in [0.3, 0.4) is 0 Å². The number of allylic oxidation sites excluding steroid dienone is 2. The summed E-state index contributed by atoms with van der Waals surface area (Å²) in [4.78, 5) is 11.1. The van der Waals surface area contributed by atoms with Crippen LogP contribution < -0.4 is 10.4 Å². The van der Waals surface area contributed by atoms with Crippen molar-refractivity contribution < 1.29 is 4.42 Å². The molecule has 0 bridgehead atoms. The van der Waals surface area contributed by atoms with Crippen LogP contribution >= 0.6 is 11.3 Å². The highest BCUT2D eigenvalue weighted by atomic mass is 32.1. The van der Waals surface area contributed by atoms with E-state index in [0.29, 0.717) is 6.54 Å². The molecule has 0 spiro atoms. The molecule has 1 aliphatic rings. The highest BCUT2D eigenvalue weighted by Gasteiger charge is 2.20. The van der Waals surface area contributed by atoms with Gasteiger partial charge in [0.2, 0.25) is 0 Å². The molecule has 1 aliphatic carbocycles. The zero-order valence-electron chi connectivity index (χ0n) is 31.7. The van der Waals surface area contributed by atoms with E-state index in [1.807, 2.05) is 0 Å². The lowest BCUT2D eigenvalue weighted by Gasteiger charge is -2.11. The fraction of sp³-hybridized carbons (Fsp3) is 0.0370. The van der Waals surface area contributed by atoms with E-state index in [1.54, 1.807) is 11.3 Å². The van der Waals surface area contributed by atoms with Gasteiger partial charge in [0.1, 0.15) is 11.2 Å². The number of hydrogen-bond donors (Lipinski definition) is 0. The van der Waals surface area contributed by atoms with E-state index in [-0.39, 0.29) is 0 Å². The zero-order valence-corrected chi connectivity index (χ0v) is 32.5. The standard InChI is InChI=1S/C54H36N2OS/c1-55-52-46-20-10-11-21-50(46)58-54(52)51(41-27-24-34-12-2-3-15-38(34)28-41)56-33-43-29-42(31-48-47-30-39-16-4-5-17-40(39)32-49(47)57-53(43)48)35-22-25-37(26-23-35)45-19-9-7-14-36-13-6-8-18-44(36)45/h2-6,8-32H,1,7,33H2. The minimum absolute atomic E-state index is 0.407. The number of hydrogen-bond acceptors (Lipinski definition) is 4. The summed E-state index contributed by atoms with van der Waals surface area (Å²) in [5, 5.41) is 10.5. The van der Waals surface area contributed by atoms with Crippen LogP contribution in [0.5, 0.6) is 0 Å². The van der Waals surface area contributed by atoms with Crippen molar-refractivity contribution in [3.8, 4) is 11.1 Å². The van der Waals surface area contributed by atoms with Gasteiger partial charge in [-0.3, -0.25) is 9.98 Å². The largest absolute Gasteiger partial charge is 0.456 e. The van der Waals surface area contributed by atoms with Gasteiger partial charge in [0.15, 0.2) is 0 Å². The minimum Gasteiger partial charge on any atom is -0.456 e. The maximum Gasteiger partial charge on any atom is 0.140 e. The topological polar surface area (TPSA) is 37.9 Å². The normalized spacial score (nSPS) is 13.0. The van der Waals surface area contributed by atoms with Gasteiger partial charge in [-0.15, -0.1) is 11.3 Å². The Bertz CT molecular complexity index is 3470. The molecule has 274 valence electrons. The van der Waals surface area contributed by atoms with Gasteiger partial charge in [-0.25, -0.2) is 0 Å². The Labute approximate surface area is 339 Å². The molecule has 0 unspecified atom stereocenters. The minimum atomic E-state index is 0.407. The quantitative estimate of drug-likeness (QED) is 0.149. The maximum absolute atomic E-state index is 6.81. The fourth-order valence-corrected chi connectivity index (χ4v) is 9.74. The number of nitrogens with zero attached hydrogens (tertiary/aromatic N) is 2. The van der Waals surface area contributed by atoms with E-state index in [4.69, 9.17) is 9.41 Å². The zero-order chi connectivity index (χ0) is 38.6. The Morgan fingerprint density at radius 2 is 1.34 bits per heavy atom. The average molecular weight is 761 g/mol. The SMILES string of the molecule is C=Nc1c(C(=NCc2cc(-c3ccc(C4=c5ccccc5=CCC=C4)cc3)cc3c2oc2cc4ccccc4cc23)c2ccc3ccccc3c2)sc2ccccc12. The molecule has 10 aromatic rings. The van der Waals surface area contributed by atoms with Crippen molar-refractivity contribution in [3.63, 3.8) is 0 Å². The lowest BCUT2D eigenvalue weighted by Crippen LogP contribution is -2.25. The summed E-state index contributed by atoms with van der Waals surface area (Å²) in [6, 6.07) is 58.6. The number of fused-ring (bicyclic) bond motifs is 7. The molecule has 0 N–H and O–H groups in total. The maximum atomic E-state index is 6.81. The van der Waals surface area contributed by atoms with E-state index in [9.17, 15) is 0 Å². The molecule has 0 fully saturated rings. The molecular weight excluding hydrogens is 725 g/mol. The molecule has 11 rings (SSSR count). The number of rotatable bonds is 7. The molecule has 8 aromatic carbocycles. The summed E-state index contributed by atoms with van der Waals surface area (Å²) in [6.45, 7) is 4.43. The van der Waals surface area contributed by atoms with Crippen LogP contribution in [0.4, 0.5) is 5.69 Å². The summed E-state index contributed by atoms with van der Waals surface area (Å²) in [5.74, 6) is 0. The molecule has 0 saturated carbocycles. The van der Waals surface area contributed by atoms with Crippen LogP contribution in [0.15, 0.2) is 190 Å². The molecule has 58 heavy (non-hydrogen) atoms. The third-order valence-corrected chi connectivity index (χ3v) is 12.6. The summed E-state index contributed by atoms with van der Waals surface area (Å²) in [5.41, 5.74) is 10.3. The van der Waals surface area contributed by atoms with Crippen molar-refractivity contribution in [3.05, 3.63) is 208 Å². The highest BCUT2D eigenvalue weighted by molar-refractivity contribution is 7.21. The lowest BCUT2D eigenvalue weighted by molar-refractivity contribution is 0.663. The van der Waals surface area contributed by atoms with Gasteiger partial charge in [-0.05, 0) is 104 Å². The number of furan rings is 1. The number of thiophene rings is 1. The van der Waals surface area contributed by atoms with Crippen LogP contribution in [-0.4, -0.2) is 12.4 Å². The van der Waals surface area contributed by atoms with E-state index in [2.05, 4.69) is 194 Å². The van der Waals surface area contributed by atoms with Crippen molar-refractivity contribution in [1.82, 2.24) is 0 Å². The van der Waals surface area contributed by atoms with E-state index >= 15 is 0 Å². The van der Waals surface area contributed by atoms with Gasteiger partial charge < -0.3 is 4.42 Å². The predicted molar refractivity (Wildman–Crippen MR) is 247 cm³/mol. The molecule has 2 aromatic heterocycles. The van der Waals surface area contributed by atoms with Gasteiger partial charge in [0.25, 0.3) is 0 Å². The lowest BCUT2D eigenvalue weighted by atomic mass is 9.95. The smallest absolute Gasteiger partial charge is 0.140 e. The van der Waals surface area contributed by atoms with Crippen molar-refractivity contribution in [2.75, 3.05) is 0 Å². The van der Waals surface area contributed by atoms with Crippen molar-refractivity contribution in [2.45, 2.75) is 13.0 Å². The highest BCUT2D eigenvalue weighted by Crippen LogP contribution is 2.41. The predicted octanol–water partition coefficient (Wildman–Crippen LogP) is 13.1. The third-order valence-electron chi connectivity index (χ3n) is 11.4. The van der Waals surface area contributed by atoms with Gasteiger partial charge in [0, 0.05) is 32.0 Å². The van der Waals surface area contributed by atoms with E-state index in [1.165, 1.54) is 37.7 Å². The molecule has 0 radical (unpaired) electrons. The first kappa shape index (κ1) is 34.1. The summed E-state index contributed by atoms with van der Waals surface area (Å²) in [6.07, 6.45) is 7.73. The molecule has 0 atom stereocenters. The van der Waals surface area contributed by atoms with Crippen LogP contribution in [0.1, 0.15) is 28.0 Å². The Hall–Kier alpha value is -7.14. The molecular formula is C54H36N2OS. The van der Waals surface area contributed by atoms with Gasteiger partial charge in [-0.1, -0.05) is 146 Å². The first-order valence-corrected chi connectivity index (χ1v) is 20.5. The number of aliphatic imine (C=N–C) groups is 2. The first-order chi connectivity index (χ1) is 28.7. The third kappa shape index (κ3) is 5.89. The van der Waals surface area contributed by atoms with Crippen molar-refractivity contribution >= 4 is 94.7 Å². The monoisotopic (exact) mass is 760 g/mol. The molecule has 3 nitrogen and oxygen atoms in total. The first-order valence-electron chi connectivity index (χ1n) is 19.7. The van der Waals surface area contributed by atoms with Crippen molar-refractivity contribution in [2.24, 2.45) is 9.98 Å². The fourth-order valence-electron chi connectivity index (χ4n) is 8.55. The molecule has 2 heterocycles. The van der Waals surface area contributed by atoms with Gasteiger partial charge >= 0.3 is 0 Å². The molecule has 0 amide bonds. The second kappa shape index (κ2) is 14.1. The van der Waals surface area contributed by atoms with Crippen molar-refractivity contribution in [1.29, 1.82) is 0 Å². The van der Waals surface area contributed by atoms with Crippen LogP contribution in [0, 0.1) is 0 Å². The Morgan fingerprint density at radius 1 is 0.621 bits per heavy atom. The van der Waals surface area contributed by atoms with Crippen LogP contribution in [0.25, 0.3) is 76.3 Å². The second-order valence-corrected chi connectivity index (χ2v) is 15.9. The Morgan fingerprint density at radius 3 is 2.19 bits per heavy atom. The second-order valence-electron chi connectivity index (χ2n) is 14.9. The number of benzene rings is 8.